The Balaban J connectivity index is 2.09. The van der Waals surface area contributed by atoms with Crippen LogP contribution in [0.15, 0.2) is 30.3 Å². The van der Waals surface area contributed by atoms with E-state index in [1.165, 1.54) is 0 Å². The Kier molecular flexibility index (Phi) is 3.79. The number of rotatable bonds is 4. The molecule has 3 aromatic rings. The Labute approximate surface area is 129 Å². The first kappa shape index (κ1) is 14.5. The normalized spacial score (nSPS) is 11.5. The molecule has 0 saturated carbocycles. The number of carbonyl (C=O) groups excluding carboxylic acids is 1. The van der Waals surface area contributed by atoms with Gasteiger partial charge in [-0.05, 0) is 25.0 Å². The molecule has 5 heteroatoms. The van der Waals surface area contributed by atoms with Gasteiger partial charge in [0.1, 0.15) is 0 Å². The maximum atomic E-state index is 12.0. The molecule has 3 rings (SSSR count). The molecule has 5 nitrogen and oxygen atoms in total. The fraction of sp³-hybridized carbons (Fsp3) is 0.353. The van der Waals surface area contributed by atoms with E-state index in [1.54, 1.807) is 0 Å². The largest absolute Gasteiger partial charge is 0.309 e. The van der Waals surface area contributed by atoms with Gasteiger partial charge in [-0.25, -0.2) is 9.67 Å². The Morgan fingerprint density at radius 2 is 2.09 bits per heavy atom. The molecule has 1 aromatic carbocycles. The van der Waals surface area contributed by atoms with Crippen LogP contribution < -0.4 is 5.32 Å². The predicted octanol–water partition coefficient (Wildman–Crippen LogP) is 3.59. The highest BCUT2D eigenvalue weighted by Crippen LogP contribution is 2.26. The van der Waals surface area contributed by atoms with Gasteiger partial charge in [-0.2, -0.15) is 5.10 Å². The third-order valence-corrected chi connectivity index (χ3v) is 3.58. The summed E-state index contributed by atoms with van der Waals surface area (Å²) in [6.07, 6.45) is 0.488. The van der Waals surface area contributed by atoms with Gasteiger partial charge in [-0.3, -0.25) is 4.79 Å². The first-order valence-electron chi connectivity index (χ1n) is 7.64. The molecule has 2 heterocycles. The second-order valence-electron chi connectivity index (χ2n) is 5.86. The number of benzene rings is 1. The number of amides is 1. The van der Waals surface area contributed by atoms with Crippen molar-refractivity contribution in [1.82, 2.24) is 14.8 Å². The van der Waals surface area contributed by atoms with Crippen molar-refractivity contribution >= 4 is 33.7 Å². The standard InChI is InChI=1S/C17H20N4O/c1-4-21-17-13(10-12-7-5-6-8-14(12)18-17)16(20-21)19-15(22)9-11(2)3/h5-8,10-11H,4,9H2,1-3H3,(H,19,20,22). The number of aromatic nitrogens is 3. The van der Waals surface area contributed by atoms with E-state index in [1.807, 2.05) is 55.8 Å². The Hall–Kier alpha value is -2.43. The average molecular weight is 296 g/mol. The minimum atomic E-state index is -0.00851. The lowest BCUT2D eigenvalue weighted by Crippen LogP contribution is -2.14. The van der Waals surface area contributed by atoms with Crippen LogP contribution in [0.1, 0.15) is 27.2 Å². The van der Waals surface area contributed by atoms with Crippen molar-refractivity contribution in [2.75, 3.05) is 5.32 Å². The zero-order valence-corrected chi connectivity index (χ0v) is 13.1. The van der Waals surface area contributed by atoms with Gasteiger partial charge in [0.15, 0.2) is 11.5 Å². The number of fused-ring (bicyclic) bond motifs is 2. The number of hydrogen-bond donors (Lipinski definition) is 1. The quantitative estimate of drug-likeness (QED) is 0.800. The number of nitrogens with zero attached hydrogens (tertiary/aromatic N) is 3. The van der Waals surface area contributed by atoms with Gasteiger partial charge in [0.2, 0.25) is 5.91 Å². The van der Waals surface area contributed by atoms with Crippen LogP contribution in [0.2, 0.25) is 0 Å². The molecule has 0 radical (unpaired) electrons. The summed E-state index contributed by atoms with van der Waals surface area (Å²) in [5.74, 6) is 0.907. The molecule has 22 heavy (non-hydrogen) atoms. The molecule has 0 fully saturated rings. The SMILES string of the molecule is CCn1nc(NC(=O)CC(C)C)c2cc3ccccc3nc21. The minimum absolute atomic E-state index is 0.00851. The van der Waals surface area contributed by atoms with Gasteiger partial charge in [-0.15, -0.1) is 0 Å². The number of pyridine rings is 1. The monoisotopic (exact) mass is 296 g/mol. The van der Waals surface area contributed by atoms with Crippen LogP contribution in [-0.4, -0.2) is 20.7 Å². The summed E-state index contributed by atoms with van der Waals surface area (Å²) in [4.78, 5) is 16.7. The highest BCUT2D eigenvalue weighted by atomic mass is 16.1. The molecule has 0 atom stereocenters. The Morgan fingerprint density at radius 3 is 2.82 bits per heavy atom. The van der Waals surface area contributed by atoms with Crippen molar-refractivity contribution in [3.05, 3.63) is 30.3 Å². The fourth-order valence-corrected chi connectivity index (χ4v) is 2.57. The van der Waals surface area contributed by atoms with Gasteiger partial charge in [0.05, 0.1) is 10.9 Å². The molecule has 2 aromatic heterocycles. The highest BCUT2D eigenvalue weighted by molar-refractivity contribution is 6.02. The number of aryl methyl sites for hydroxylation is 1. The van der Waals surface area contributed by atoms with Crippen LogP contribution in [0.4, 0.5) is 5.82 Å². The van der Waals surface area contributed by atoms with E-state index >= 15 is 0 Å². The molecule has 0 aliphatic rings. The van der Waals surface area contributed by atoms with Crippen LogP contribution in [0.5, 0.6) is 0 Å². The van der Waals surface area contributed by atoms with Crippen LogP contribution in [0, 0.1) is 5.92 Å². The number of nitrogens with one attached hydrogen (secondary N) is 1. The molecule has 1 amide bonds. The van der Waals surface area contributed by atoms with E-state index < -0.39 is 0 Å². The van der Waals surface area contributed by atoms with Gasteiger partial charge < -0.3 is 5.32 Å². The summed E-state index contributed by atoms with van der Waals surface area (Å²) < 4.78 is 1.83. The third kappa shape index (κ3) is 2.66. The third-order valence-electron chi connectivity index (χ3n) is 3.58. The molecule has 114 valence electrons. The molecule has 0 spiro atoms. The maximum Gasteiger partial charge on any atom is 0.225 e. The summed E-state index contributed by atoms with van der Waals surface area (Å²) in [5.41, 5.74) is 1.74. The van der Waals surface area contributed by atoms with Crippen molar-refractivity contribution in [2.45, 2.75) is 33.7 Å². The van der Waals surface area contributed by atoms with Crippen molar-refractivity contribution in [1.29, 1.82) is 0 Å². The van der Waals surface area contributed by atoms with Gasteiger partial charge in [0, 0.05) is 18.4 Å². The van der Waals surface area contributed by atoms with Gasteiger partial charge in [-0.1, -0.05) is 32.0 Å². The lowest BCUT2D eigenvalue weighted by atomic mass is 10.1. The van der Waals surface area contributed by atoms with Crippen LogP contribution >= 0.6 is 0 Å². The summed E-state index contributed by atoms with van der Waals surface area (Å²) in [7, 11) is 0. The van der Waals surface area contributed by atoms with Crippen LogP contribution in [0.3, 0.4) is 0 Å². The molecular formula is C17H20N4O. The number of hydrogen-bond acceptors (Lipinski definition) is 3. The molecule has 1 N–H and O–H groups in total. The fourth-order valence-electron chi connectivity index (χ4n) is 2.57. The molecule has 0 bridgehead atoms. The maximum absolute atomic E-state index is 12.0. The van der Waals surface area contributed by atoms with E-state index in [2.05, 4.69) is 15.4 Å². The number of carbonyl (C=O) groups is 1. The topological polar surface area (TPSA) is 59.8 Å². The van der Waals surface area contributed by atoms with Gasteiger partial charge >= 0.3 is 0 Å². The van der Waals surface area contributed by atoms with Crippen LogP contribution in [-0.2, 0) is 11.3 Å². The Bertz CT molecular complexity index is 835. The zero-order chi connectivity index (χ0) is 15.7. The second kappa shape index (κ2) is 5.75. The average Bonchev–Trinajstić information content (AvgIpc) is 2.81. The molecule has 0 saturated heterocycles. The first-order chi connectivity index (χ1) is 10.6. The summed E-state index contributed by atoms with van der Waals surface area (Å²) in [6, 6.07) is 10.0. The molecule has 0 unspecified atom stereocenters. The number of para-hydroxylation sites is 1. The first-order valence-corrected chi connectivity index (χ1v) is 7.64. The second-order valence-corrected chi connectivity index (χ2v) is 5.86. The predicted molar refractivity (Wildman–Crippen MR) is 88.8 cm³/mol. The lowest BCUT2D eigenvalue weighted by molar-refractivity contribution is -0.116. The van der Waals surface area contributed by atoms with Crippen LogP contribution in [0.25, 0.3) is 21.9 Å². The number of anilines is 1. The van der Waals surface area contributed by atoms with Crippen molar-refractivity contribution in [3.63, 3.8) is 0 Å². The van der Waals surface area contributed by atoms with E-state index in [4.69, 9.17) is 0 Å². The van der Waals surface area contributed by atoms with Crippen molar-refractivity contribution < 1.29 is 4.79 Å². The van der Waals surface area contributed by atoms with Crippen molar-refractivity contribution in [2.24, 2.45) is 5.92 Å². The van der Waals surface area contributed by atoms with E-state index in [9.17, 15) is 4.79 Å². The zero-order valence-electron chi connectivity index (χ0n) is 13.1. The molecule has 0 aliphatic heterocycles. The molecule has 0 aliphatic carbocycles. The Morgan fingerprint density at radius 1 is 1.32 bits per heavy atom. The lowest BCUT2D eigenvalue weighted by Gasteiger charge is -2.05. The molecular weight excluding hydrogens is 276 g/mol. The van der Waals surface area contributed by atoms with E-state index in [0.29, 0.717) is 24.7 Å². The van der Waals surface area contributed by atoms with Crippen molar-refractivity contribution in [3.8, 4) is 0 Å². The summed E-state index contributed by atoms with van der Waals surface area (Å²) >= 11 is 0. The van der Waals surface area contributed by atoms with E-state index in [-0.39, 0.29) is 5.91 Å². The minimum Gasteiger partial charge on any atom is -0.309 e. The summed E-state index contributed by atoms with van der Waals surface area (Å²) in [6.45, 7) is 6.78. The summed E-state index contributed by atoms with van der Waals surface area (Å²) in [5, 5.41) is 9.36. The smallest absolute Gasteiger partial charge is 0.225 e. The van der Waals surface area contributed by atoms with E-state index in [0.717, 1.165) is 21.9 Å². The van der Waals surface area contributed by atoms with Gasteiger partial charge in [0.25, 0.3) is 0 Å². The highest BCUT2D eigenvalue weighted by Gasteiger charge is 2.15.